The van der Waals surface area contributed by atoms with E-state index in [2.05, 4.69) is 15.1 Å². The molecule has 0 aliphatic rings. The number of methoxy groups -OCH3 is 2. The van der Waals surface area contributed by atoms with Gasteiger partial charge in [0.2, 0.25) is 5.89 Å². The molecule has 0 unspecified atom stereocenters. The highest BCUT2D eigenvalue weighted by Gasteiger charge is 2.38. The number of hydrogen-bond donors (Lipinski definition) is 1. The first kappa shape index (κ1) is 21.6. The van der Waals surface area contributed by atoms with Crippen LogP contribution in [-0.4, -0.2) is 33.8 Å². The molecule has 8 nitrogen and oxygen atoms in total. The van der Waals surface area contributed by atoms with Crippen LogP contribution >= 0.6 is 0 Å². The number of aromatic nitrogens is 4. The molecule has 0 saturated heterocycles. The van der Waals surface area contributed by atoms with E-state index in [4.69, 9.17) is 13.9 Å². The summed E-state index contributed by atoms with van der Waals surface area (Å²) in [5, 5.41) is 2.18. The molecule has 2 aromatic carbocycles. The molecule has 0 spiro atoms. The molecule has 5 aromatic rings. The number of halogens is 3. The lowest BCUT2D eigenvalue weighted by atomic mass is 10.0. The maximum absolute atomic E-state index is 14.0. The standard InChI is InChI=1S/C23H17F3N4O4/c1-11-16(21-28-18-14(33-3)8-5-9-15(18)34-21)22(31)30-20(27-11)17(19(29-30)23(24,25)26)12-6-4-7-13(10-12)32-2/h4-10,29H,1-3H3. The number of hydrogen-bond acceptors (Lipinski definition) is 6. The first-order valence-corrected chi connectivity index (χ1v) is 10.0. The van der Waals surface area contributed by atoms with E-state index in [0.717, 1.165) is 4.52 Å². The third-order valence-corrected chi connectivity index (χ3v) is 5.42. The molecule has 1 N–H and O–H groups in total. The fraction of sp³-hybridized carbons (Fsp3) is 0.174. The third-order valence-electron chi connectivity index (χ3n) is 5.42. The lowest BCUT2D eigenvalue weighted by Crippen LogP contribution is -2.19. The highest BCUT2D eigenvalue weighted by atomic mass is 19.4. The smallest absolute Gasteiger partial charge is 0.433 e. The predicted molar refractivity (Wildman–Crippen MR) is 117 cm³/mol. The number of oxazole rings is 1. The number of aromatic amines is 1. The molecule has 0 fully saturated rings. The summed E-state index contributed by atoms with van der Waals surface area (Å²) < 4.78 is 58.9. The number of fused-ring (bicyclic) bond motifs is 2. The van der Waals surface area contributed by atoms with Gasteiger partial charge >= 0.3 is 6.18 Å². The van der Waals surface area contributed by atoms with Gasteiger partial charge in [-0.05, 0) is 36.8 Å². The molecule has 0 aliphatic heterocycles. The Labute approximate surface area is 189 Å². The second-order valence-corrected chi connectivity index (χ2v) is 7.45. The zero-order valence-electron chi connectivity index (χ0n) is 18.1. The minimum Gasteiger partial charge on any atom is -0.497 e. The van der Waals surface area contributed by atoms with Gasteiger partial charge in [-0.15, -0.1) is 0 Å². The Morgan fingerprint density at radius 2 is 1.79 bits per heavy atom. The number of benzene rings is 2. The number of H-pyrrole nitrogens is 1. The molecule has 34 heavy (non-hydrogen) atoms. The van der Waals surface area contributed by atoms with Gasteiger partial charge in [0, 0.05) is 0 Å². The van der Waals surface area contributed by atoms with Gasteiger partial charge in [0.05, 0.1) is 25.5 Å². The highest BCUT2D eigenvalue weighted by molar-refractivity contribution is 5.84. The van der Waals surface area contributed by atoms with Gasteiger partial charge in [-0.1, -0.05) is 18.2 Å². The molecular weight excluding hydrogens is 453 g/mol. The van der Waals surface area contributed by atoms with Crippen molar-refractivity contribution in [1.82, 2.24) is 19.6 Å². The Bertz CT molecular complexity index is 1610. The van der Waals surface area contributed by atoms with Gasteiger partial charge in [-0.25, -0.2) is 9.97 Å². The van der Waals surface area contributed by atoms with Gasteiger partial charge < -0.3 is 13.9 Å². The van der Waals surface area contributed by atoms with E-state index in [1.807, 2.05) is 0 Å². The van der Waals surface area contributed by atoms with Crippen molar-refractivity contribution in [3.8, 4) is 34.1 Å². The zero-order valence-corrected chi connectivity index (χ0v) is 18.1. The van der Waals surface area contributed by atoms with Crippen LogP contribution in [0.15, 0.2) is 51.7 Å². The quantitative estimate of drug-likeness (QED) is 0.404. The molecule has 3 aromatic heterocycles. The number of nitrogens with zero attached hydrogens (tertiary/aromatic N) is 3. The van der Waals surface area contributed by atoms with Crippen molar-refractivity contribution in [1.29, 1.82) is 0 Å². The van der Waals surface area contributed by atoms with Crippen molar-refractivity contribution in [2.75, 3.05) is 14.2 Å². The number of para-hydroxylation sites is 1. The summed E-state index contributed by atoms with van der Waals surface area (Å²) >= 11 is 0. The van der Waals surface area contributed by atoms with Crippen LogP contribution in [0, 0.1) is 6.92 Å². The number of rotatable bonds is 4. The summed E-state index contributed by atoms with van der Waals surface area (Å²) in [6, 6.07) is 11.1. The third kappa shape index (κ3) is 3.28. The summed E-state index contributed by atoms with van der Waals surface area (Å²) in [5.41, 5.74) is -1.32. The van der Waals surface area contributed by atoms with E-state index in [-0.39, 0.29) is 33.9 Å². The molecule has 5 rings (SSSR count). The van der Waals surface area contributed by atoms with Crippen molar-refractivity contribution in [3.63, 3.8) is 0 Å². The van der Waals surface area contributed by atoms with E-state index in [1.54, 1.807) is 30.3 Å². The Morgan fingerprint density at radius 3 is 2.50 bits per heavy atom. The van der Waals surface area contributed by atoms with Crippen LogP contribution in [0.3, 0.4) is 0 Å². The summed E-state index contributed by atoms with van der Waals surface area (Å²) in [4.78, 5) is 22.1. The first-order chi connectivity index (χ1) is 16.2. The van der Waals surface area contributed by atoms with Crippen LogP contribution in [0.5, 0.6) is 11.5 Å². The normalized spacial score (nSPS) is 11.9. The van der Waals surface area contributed by atoms with Crippen LogP contribution in [0.1, 0.15) is 11.4 Å². The Hall–Kier alpha value is -4.28. The van der Waals surface area contributed by atoms with Crippen molar-refractivity contribution in [2.45, 2.75) is 13.1 Å². The Morgan fingerprint density at radius 1 is 1.03 bits per heavy atom. The summed E-state index contributed by atoms with van der Waals surface area (Å²) in [6.45, 7) is 1.51. The van der Waals surface area contributed by atoms with E-state index >= 15 is 0 Å². The van der Waals surface area contributed by atoms with E-state index in [0.29, 0.717) is 22.6 Å². The Kier molecular flexibility index (Phi) is 4.85. The van der Waals surface area contributed by atoms with Crippen molar-refractivity contribution >= 4 is 16.7 Å². The molecule has 174 valence electrons. The number of ether oxygens (including phenoxy) is 2. The molecule has 0 amide bonds. The van der Waals surface area contributed by atoms with E-state index < -0.39 is 17.4 Å². The maximum atomic E-state index is 14.0. The fourth-order valence-electron chi connectivity index (χ4n) is 3.88. The molecule has 3 heterocycles. The second-order valence-electron chi connectivity index (χ2n) is 7.45. The van der Waals surface area contributed by atoms with Crippen LogP contribution in [0.2, 0.25) is 0 Å². The van der Waals surface area contributed by atoms with Crippen LogP contribution in [0.4, 0.5) is 13.2 Å². The average molecular weight is 470 g/mol. The number of nitrogens with one attached hydrogen (secondary N) is 1. The molecule has 11 heteroatoms. The Balaban J connectivity index is 1.81. The molecule has 0 atom stereocenters. The maximum Gasteiger partial charge on any atom is 0.433 e. The van der Waals surface area contributed by atoms with Crippen molar-refractivity contribution in [3.05, 3.63) is 64.2 Å². The van der Waals surface area contributed by atoms with Crippen LogP contribution in [0.25, 0.3) is 39.3 Å². The lowest BCUT2D eigenvalue weighted by molar-refractivity contribution is -0.140. The molecule has 0 aliphatic carbocycles. The van der Waals surface area contributed by atoms with Crippen molar-refractivity contribution in [2.24, 2.45) is 0 Å². The monoisotopic (exact) mass is 470 g/mol. The summed E-state index contributed by atoms with van der Waals surface area (Å²) in [6.07, 6.45) is -4.78. The van der Waals surface area contributed by atoms with Gasteiger partial charge in [-0.2, -0.15) is 17.7 Å². The summed E-state index contributed by atoms with van der Waals surface area (Å²) in [5.74, 6) is 0.718. The highest BCUT2D eigenvalue weighted by Crippen LogP contribution is 2.39. The molecular formula is C23H17F3N4O4. The fourth-order valence-corrected chi connectivity index (χ4v) is 3.88. The number of alkyl halides is 3. The first-order valence-electron chi connectivity index (χ1n) is 10.0. The summed E-state index contributed by atoms with van der Waals surface area (Å²) in [7, 11) is 2.88. The molecule has 0 saturated carbocycles. The van der Waals surface area contributed by atoms with Crippen molar-refractivity contribution < 1.29 is 27.1 Å². The number of aryl methyl sites for hydroxylation is 1. The molecule has 0 bridgehead atoms. The van der Waals surface area contributed by atoms with Crippen LogP contribution < -0.4 is 15.0 Å². The SMILES string of the molecule is COc1cccc(-c2c(C(F)(F)F)[nH]n3c(=O)c(-c4nc5c(OC)cccc5o4)c(C)nc23)c1. The van der Waals surface area contributed by atoms with Gasteiger partial charge in [0.25, 0.3) is 5.56 Å². The predicted octanol–water partition coefficient (Wildman–Crippen LogP) is 4.84. The molecule has 0 radical (unpaired) electrons. The zero-order chi connectivity index (χ0) is 24.2. The average Bonchev–Trinajstić information content (AvgIpc) is 3.40. The largest absolute Gasteiger partial charge is 0.497 e. The van der Waals surface area contributed by atoms with Crippen LogP contribution in [-0.2, 0) is 6.18 Å². The van der Waals surface area contributed by atoms with E-state index in [9.17, 15) is 18.0 Å². The van der Waals surface area contributed by atoms with Gasteiger partial charge in [0.1, 0.15) is 22.8 Å². The lowest BCUT2D eigenvalue weighted by Gasteiger charge is -2.08. The topological polar surface area (TPSA) is 94.7 Å². The second kappa shape index (κ2) is 7.65. The van der Waals surface area contributed by atoms with E-state index in [1.165, 1.54) is 33.3 Å². The minimum atomic E-state index is -4.78. The van der Waals surface area contributed by atoms with Gasteiger partial charge in [-0.3, -0.25) is 9.89 Å². The van der Waals surface area contributed by atoms with Gasteiger partial charge in [0.15, 0.2) is 16.7 Å². The minimum absolute atomic E-state index is 0.0667.